The van der Waals surface area contributed by atoms with Gasteiger partial charge < -0.3 is 4.74 Å². The number of benzene rings is 2. The van der Waals surface area contributed by atoms with Crippen molar-refractivity contribution < 1.29 is 9.53 Å². The average molecular weight is 355 g/mol. The molecule has 0 amide bonds. The van der Waals surface area contributed by atoms with Crippen LogP contribution in [0.1, 0.15) is 37.3 Å². The number of carbonyl (C=O) groups is 1. The van der Waals surface area contributed by atoms with Gasteiger partial charge in [0.15, 0.2) is 0 Å². The van der Waals surface area contributed by atoms with E-state index in [0.717, 1.165) is 21.3 Å². The summed E-state index contributed by atoms with van der Waals surface area (Å²) < 4.78 is 8.16. The molecule has 25 heavy (non-hydrogen) atoms. The van der Waals surface area contributed by atoms with E-state index in [4.69, 9.17) is 4.74 Å². The van der Waals surface area contributed by atoms with Gasteiger partial charge in [0.25, 0.3) is 0 Å². The predicted octanol–water partition coefficient (Wildman–Crippen LogP) is 4.49. The maximum absolute atomic E-state index is 12.3. The van der Waals surface area contributed by atoms with Gasteiger partial charge in [-0.2, -0.15) is 0 Å². The number of para-hydroxylation sites is 1. The second-order valence-electron chi connectivity index (χ2n) is 6.41. The van der Waals surface area contributed by atoms with Crippen molar-refractivity contribution in [2.24, 2.45) is 0 Å². The zero-order valence-corrected chi connectivity index (χ0v) is 15.4. The average Bonchev–Trinajstić information content (AvgIpc) is 2.88. The number of esters is 1. The van der Waals surface area contributed by atoms with Gasteiger partial charge in [-0.05, 0) is 42.2 Å². The number of aromatic nitrogens is 1. The van der Waals surface area contributed by atoms with Crippen molar-refractivity contribution in [2.75, 3.05) is 0 Å². The van der Waals surface area contributed by atoms with Gasteiger partial charge in [-0.15, -0.1) is 0 Å². The Morgan fingerprint density at radius 3 is 2.72 bits per heavy atom. The molecule has 4 nitrogen and oxygen atoms in total. The second kappa shape index (κ2) is 7.23. The second-order valence-corrected chi connectivity index (χ2v) is 7.40. The molecule has 5 heteroatoms. The van der Waals surface area contributed by atoms with E-state index in [1.54, 1.807) is 4.57 Å². The van der Waals surface area contributed by atoms with E-state index in [9.17, 15) is 9.59 Å². The number of nitrogens with zero attached hydrogens (tertiary/aromatic N) is 1. The van der Waals surface area contributed by atoms with Crippen LogP contribution in [0, 0.1) is 6.92 Å². The van der Waals surface area contributed by atoms with Crippen LogP contribution >= 0.6 is 11.3 Å². The van der Waals surface area contributed by atoms with Crippen LogP contribution in [0.3, 0.4) is 0 Å². The molecule has 0 N–H and O–H groups in total. The molecular formula is C20H21NO3S. The van der Waals surface area contributed by atoms with Crippen molar-refractivity contribution in [3.8, 4) is 5.75 Å². The number of aryl methyl sites for hydroxylation is 2. The molecule has 2 aromatic carbocycles. The lowest BCUT2D eigenvalue weighted by Crippen LogP contribution is -2.18. The molecule has 0 radical (unpaired) electrons. The first-order chi connectivity index (χ1) is 12.0. The van der Waals surface area contributed by atoms with Gasteiger partial charge in [0.05, 0.1) is 16.6 Å². The van der Waals surface area contributed by atoms with E-state index < -0.39 is 0 Å². The molecule has 1 heterocycles. The van der Waals surface area contributed by atoms with Crippen molar-refractivity contribution >= 4 is 27.5 Å². The quantitative estimate of drug-likeness (QED) is 0.500. The van der Waals surface area contributed by atoms with E-state index >= 15 is 0 Å². The smallest absolute Gasteiger partial charge is 0.313 e. The first-order valence-electron chi connectivity index (χ1n) is 8.35. The molecule has 1 aromatic heterocycles. The molecule has 0 aliphatic heterocycles. The highest BCUT2D eigenvalue weighted by molar-refractivity contribution is 7.16. The summed E-state index contributed by atoms with van der Waals surface area (Å²) in [7, 11) is 0. The monoisotopic (exact) mass is 355 g/mol. The molecular weight excluding hydrogens is 334 g/mol. The minimum atomic E-state index is -0.324. The van der Waals surface area contributed by atoms with Gasteiger partial charge in [0, 0.05) is 6.54 Å². The fraction of sp³-hybridized carbons (Fsp3) is 0.300. The van der Waals surface area contributed by atoms with E-state index in [0.29, 0.717) is 12.3 Å². The Bertz CT molecular complexity index is 968. The van der Waals surface area contributed by atoms with Crippen LogP contribution in [0.5, 0.6) is 5.75 Å². The Morgan fingerprint density at radius 1 is 1.20 bits per heavy atom. The summed E-state index contributed by atoms with van der Waals surface area (Å²) in [6, 6.07) is 13.5. The van der Waals surface area contributed by atoms with Crippen molar-refractivity contribution in [3.63, 3.8) is 0 Å². The van der Waals surface area contributed by atoms with Gasteiger partial charge in [0.1, 0.15) is 5.75 Å². The van der Waals surface area contributed by atoms with Crippen LogP contribution in [0.25, 0.3) is 10.2 Å². The van der Waals surface area contributed by atoms with E-state index in [1.165, 1.54) is 11.3 Å². The maximum atomic E-state index is 12.3. The summed E-state index contributed by atoms with van der Waals surface area (Å²) in [4.78, 5) is 24.4. The van der Waals surface area contributed by atoms with Gasteiger partial charge in [-0.25, -0.2) is 0 Å². The normalized spacial score (nSPS) is 11.2. The minimum absolute atomic E-state index is 0.0487. The third-order valence-corrected chi connectivity index (χ3v) is 5.09. The topological polar surface area (TPSA) is 48.3 Å². The number of fused-ring (bicyclic) bond motifs is 1. The van der Waals surface area contributed by atoms with E-state index in [2.05, 4.69) is 13.8 Å². The number of hydrogen-bond donors (Lipinski definition) is 0. The molecule has 3 rings (SSSR count). The van der Waals surface area contributed by atoms with Crippen LogP contribution in [0.4, 0.5) is 0 Å². The first kappa shape index (κ1) is 17.4. The Balaban J connectivity index is 1.74. The molecule has 0 fully saturated rings. The molecule has 0 saturated carbocycles. The molecule has 0 aliphatic rings. The van der Waals surface area contributed by atoms with Crippen LogP contribution in [-0.2, 0) is 11.3 Å². The van der Waals surface area contributed by atoms with Crippen molar-refractivity contribution in [1.82, 2.24) is 4.57 Å². The lowest BCUT2D eigenvalue weighted by Gasteiger charge is -2.13. The van der Waals surface area contributed by atoms with Crippen LogP contribution < -0.4 is 9.61 Å². The Hall–Kier alpha value is -2.40. The summed E-state index contributed by atoms with van der Waals surface area (Å²) in [6.07, 6.45) is 0.159. The maximum Gasteiger partial charge on any atom is 0.313 e. The summed E-state index contributed by atoms with van der Waals surface area (Å²) in [5, 5.41) is 0. The number of hydrogen-bond acceptors (Lipinski definition) is 4. The molecule has 0 unspecified atom stereocenters. The van der Waals surface area contributed by atoms with Crippen molar-refractivity contribution in [3.05, 3.63) is 63.3 Å². The number of carbonyl (C=O) groups excluding carboxylic acids is 1. The van der Waals surface area contributed by atoms with Gasteiger partial charge in [0.2, 0.25) is 0 Å². The molecule has 0 atom stereocenters. The highest BCUT2D eigenvalue weighted by atomic mass is 32.1. The first-order valence-corrected chi connectivity index (χ1v) is 9.17. The third-order valence-electron chi connectivity index (χ3n) is 4.13. The summed E-state index contributed by atoms with van der Waals surface area (Å²) in [6.45, 7) is 6.43. The molecule has 3 aromatic rings. The number of rotatable bonds is 5. The number of ether oxygens (including phenoxy) is 1. The molecule has 0 saturated heterocycles. The van der Waals surface area contributed by atoms with Gasteiger partial charge in [-0.1, -0.05) is 49.4 Å². The zero-order chi connectivity index (χ0) is 18.0. The van der Waals surface area contributed by atoms with E-state index in [1.807, 2.05) is 49.4 Å². The summed E-state index contributed by atoms with van der Waals surface area (Å²) in [5.74, 6) is 0.559. The third kappa shape index (κ3) is 3.82. The van der Waals surface area contributed by atoms with Crippen LogP contribution in [0.2, 0.25) is 0 Å². The SMILES string of the molecule is Cc1ccc(C(C)C)c(OC(=O)CCn2c(=O)sc3ccccc32)c1. The highest BCUT2D eigenvalue weighted by Gasteiger charge is 2.14. The molecule has 130 valence electrons. The molecule has 0 bridgehead atoms. The zero-order valence-electron chi connectivity index (χ0n) is 14.6. The van der Waals surface area contributed by atoms with Gasteiger partial charge in [-0.3, -0.25) is 14.2 Å². The Morgan fingerprint density at radius 2 is 1.96 bits per heavy atom. The lowest BCUT2D eigenvalue weighted by molar-refractivity contribution is -0.134. The van der Waals surface area contributed by atoms with Crippen LogP contribution in [-0.4, -0.2) is 10.5 Å². The predicted molar refractivity (Wildman–Crippen MR) is 102 cm³/mol. The van der Waals surface area contributed by atoms with Crippen LogP contribution in [0.15, 0.2) is 47.3 Å². The van der Waals surface area contributed by atoms with Gasteiger partial charge >= 0.3 is 10.8 Å². The van der Waals surface area contributed by atoms with Crippen molar-refractivity contribution in [2.45, 2.75) is 39.7 Å². The fourth-order valence-electron chi connectivity index (χ4n) is 2.81. The standard InChI is InChI=1S/C20H21NO3S/c1-13(2)15-9-8-14(3)12-17(15)24-19(22)10-11-21-16-6-4-5-7-18(16)25-20(21)23/h4-9,12-13H,10-11H2,1-3H3. The fourth-order valence-corrected chi connectivity index (χ4v) is 3.73. The lowest BCUT2D eigenvalue weighted by atomic mass is 10.0. The Labute approximate surface area is 150 Å². The minimum Gasteiger partial charge on any atom is -0.426 e. The largest absolute Gasteiger partial charge is 0.426 e. The number of thiazole rings is 1. The highest BCUT2D eigenvalue weighted by Crippen LogP contribution is 2.28. The van der Waals surface area contributed by atoms with E-state index in [-0.39, 0.29) is 23.2 Å². The molecule has 0 aliphatic carbocycles. The van der Waals surface area contributed by atoms with Crippen molar-refractivity contribution in [1.29, 1.82) is 0 Å². The molecule has 0 spiro atoms. The summed E-state index contributed by atoms with van der Waals surface area (Å²) >= 11 is 1.20. The summed E-state index contributed by atoms with van der Waals surface area (Å²) in [5.41, 5.74) is 2.92. The Kier molecular flexibility index (Phi) is 5.04.